The predicted octanol–water partition coefficient (Wildman–Crippen LogP) is 1.52. The van der Waals surface area contributed by atoms with Crippen LogP contribution in [-0.4, -0.2) is 47.5 Å². The quantitative estimate of drug-likeness (QED) is 0.768. The first kappa shape index (κ1) is 15.8. The number of likely N-dealkylation sites (tertiary alicyclic amines) is 1. The third-order valence-corrected chi connectivity index (χ3v) is 3.41. The Labute approximate surface area is 128 Å². The minimum absolute atomic E-state index is 0.00922. The number of urea groups is 1. The molecule has 0 spiro atoms. The Morgan fingerprint density at radius 3 is 2.32 bits per heavy atom. The van der Waals surface area contributed by atoms with Gasteiger partial charge in [0.2, 0.25) is 0 Å². The molecule has 1 aliphatic rings. The van der Waals surface area contributed by atoms with E-state index in [-0.39, 0.29) is 18.9 Å². The molecule has 0 bridgehead atoms. The van der Waals surface area contributed by atoms with Gasteiger partial charge in [-0.05, 0) is 37.1 Å². The molecular weight excluding hydrogens is 286 g/mol. The van der Waals surface area contributed by atoms with Gasteiger partial charge in [0.05, 0.1) is 6.42 Å². The van der Waals surface area contributed by atoms with E-state index in [1.165, 1.54) is 0 Å². The number of rotatable bonds is 5. The Hall–Kier alpha value is -2.57. The number of hydrogen-bond donors (Lipinski definition) is 3. The highest BCUT2D eigenvalue weighted by molar-refractivity contribution is 5.95. The third kappa shape index (κ3) is 4.47. The van der Waals surface area contributed by atoms with E-state index < -0.39 is 12.0 Å². The fraction of sp³-hybridized carbons (Fsp3) is 0.400. The zero-order valence-corrected chi connectivity index (χ0v) is 12.2. The van der Waals surface area contributed by atoms with E-state index >= 15 is 0 Å². The summed E-state index contributed by atoms with van der Waals surface area (Å²) < 4.78 is 0. The van der Waals surface area contributed by atoms with Crippen LogP contribution in [0.1, 0.15) is 29.6 Å². The van der Waals surface area contributed by atoms with E-state index in [1.54, 1.807) is 24.3 Å². The summed E-state index contributed by atoms with van der Waals surface area (Å²) in [7, 11) is 0. The van der Waals surface area contributed by atoms with Gasteiger partial charge in [-0.25, -0.2) is 4.79 Å². The molecule has 0 aliphatic carbocycles. The number of carboxylic acid groups (broad SMARTS) is 1. The molecule has 1 aromatic rings. The molecule has 1 heterocycles. The number of carbonyl (C=O) groups is 3. The first-order valence-corrected chi connectivity index (χ1v) is 7.22. The number of benzene rings is 1. The average molecular weight is 305 g/mol. The summed E-state index contributed by atoms with van der Waals surface area (Å²) in [6.45, 7) is 1.66. The van der Waals surface area contributed by atoms with Crippen LogP contribution in [0.5, 0.6) is 0 Å². The molecule has 1 aliphatic heterocycles. The van der Waals surface area contributed by atoms with Crippen molar-refractivity contribution in [2.45, 2.75) is 19.3 Å². The molecule has 0 aromatic heterocycles. The summed E-state index contributed by atoms with van der Waals surface area (Å²) in [4.78, 5) is 35.9. The molecule has 0 radical (unpaired) electrons. The summed E-state index contributed by atoms with van der Waals surface area (Å²) in [6.07, 6.45) is 1.96. The van der Waals surface area contributed by atoms with Crippen molar-refractivity contribution in [3.63, 3.8) is 0 Å². The molecule has 7 heteroatoms. The Morgan fingerprint density at radius 2 is 1.73 bits per heavy atom. The van der Waals surface area contributed by atoms with E-state index in [0.29, 0.717) is 11.3 Å². The Bertz CT molecular complexity index is 550. The van der Waals surface area contributed by atoms with Gasteiger partial charge in [0.15, 0.2) is 0 Å². The van der Waals surface area contributed by atoms with Gasteiger partial charge in [-0.3, -0.25) is 9.59 Å². The van der Waals surface area contributed by atoms with Crippen molar-refractivity contribution in [3.05, 3.63) is 29.8 Å². The lowest BCUT2D eigenvalue weighted by atomic mass is 10.2. The maximum atomic E-state index is 12.2. The molecule has 0 atom stereocenters. The second kappa shape index (κ2) is 7.44. The third-order valence-electron chi connectivity index (χ3n) is 3.41. The zero-order chi connectivity index (χ0) is 15.9. The van der Waals surface area contributed by atoms with Gasteiger partial charge < -0.3 is 20.6 Å². The molecule has 0 saturated carbocycles. The lowest BCUT2D eigenvalue weighted by molar-refractivity contribution is -0.136. The number of nitrogens with zero attached hydrogens (tertiary/aromatic N) is 1. The van der Waals surface area contributed by atoms with Crippen LogP contribution in [0.25, 0.3) is 0 Å². The van der Waals surface area contributed by atoms with Crippen molar-refractivity contribution in [1.82, 2.24) is 10.2 Å². The molecule has 118 valence electrons. The van der Waals surface area contributed by atoms with E-state index in [2.05, 4.69) is 10.6 Å². The topological polar surface area (TPSA) is 98.7 Å². The standard InChI is InChI=1S/C15H19N3O4/c19-13(20)7-8-16-15(22)17-12-5-3-11(4-6-12)14(21)18-9-1-2-10-18/h3-6H,1-2,7-10H2,(H,19,20)(H2,16,17,22). The van der Waals surface area contributed by atoms with Crippen molar-refractivity contribution < 1.29 is 19.5 Å². The molecule has 1 aromatic carbocycles. The molecule has 22 heavy (non-hydrogen) atoms. The van der Waals surface area contributed by atoms with E-state index in [0.717, 1.165) is 25.9 Å². The number of amides is 3. The van der Waals surface area contributed by atoms with Gasteiger partial charge in [0.25, 0.3) is 5.91 Å². The molecule has 2 rings (SSSR count). The number of hydrogen-bond acceptors (Lipinski definition) is 3. The van der Waals surface area contributed by atoms with Gasteiger partial charge in [-0.1, -0.05) is 0 Å². The number of anilines is 1. The highest BCUT2D eigenvalue weighted by Crippen LogP contribution is 2.15. The largest absolute Gasteiger partial charge is 0.481 e. The predicted molar refractivity (Wildman–Crippen MR) is 80.9 cm³/mol. The van der Waals surface area contributed by atoms with Crippen molar-refractivity contribution in [2.24, 2.45) is 0 Å². The fourth-order valence-electron chi connectivity index (χ4n) is 2.26. The van der Waals surface area contributed by atoms with Crippen LogP contribution in [0.4, 0.5) is 10.5 Å². The monoisotopic (exact) mass is 305 g/mol. The first-order valence-electron chi connectivity index (χ1n) is 7.22. The van der Waals surface area contributed by atoms with Gasteiger partial charge in [0, 0.05) is 30.9 Å². The van der Waals surface area contributed by atoms with Crippen LogP contribution >= 0.6 is 0 Å². The van der Waals surface area contributed by atoms with Crippen LogP contribution in [0, 0.1) is 0 Å². The van der Waals surface area contributed by atoms with Crippen molar-refractivity contribution in [2.75, 3.05) is 25.0 Å². The average Bonchev–Trinajstić information content (AvgIpc) is 3.01. The van der Waals surface area contributed by atoms with E-state index in [9.17, 15) is 14.4 Å². The molecule has 3 amide bonds. The summed E-state index contributed by atoms with van der Waals surface area (Å²) in [5, 5.41) is 13.5. The van der Waals surface area contributed by atoms with Crippen LogP contribution in [-0.2, 0) is 4.79 Å². The minimum atomic E-state index is -0.968. The molecule has 1 fully saturated rings. The smallest absolute Gasteiger partial charge is 0.319 e. The molecule has 1 saturated heterocycles. The maximum absolute atomic E-state index is 12.2. The van der Waals surface area contributed by atoms with E-state index in [1.807, 2.05) is 4.90 Å². The summed E-state index contributed by atoms with van der Waals surface area (Å²) in [5.74, 6) is -0.958. The number of nitrogens with one attached hydrogen (secondary N) is 2. The van der Waals surface area contributed by atoms with E-state index in [4.69, 9.17) is 5.11 Å². The molecule has 3 N–H and O–H groups in total. The summed E-state index contributed by atoms with van der Waals surface area (Å²) >= 11 is 0. The SMILES string of the molecule is O=C(O)CCNC(=O)Nc1ccc(C(=O)N2CCCC2)cc1. The Balaban J connectivity index is 1.84. The number of carboxylic acids is 1. The number of carbonyl (C=O) groups excluding carboxylic acids is 2. The van der Waals surface area contributed by atoms with Gasteiger partial charge in [-0.2, -0.15) is 0 Å². The normalized spacial score (nSPS) is 13.7. The highest BCUT2D eigenvalue weighted by atomic mass is 16.4. The molecule has 7 nitrogen and oxygen atoms in total. The van der Waals surface area contributed by atoms with Crippen molar-refractivity contribution in [3.8, 4) is 0 Å². The van der Waals surface area contributed by atoms with Crippen LogP contribution in [0.2, 0.25) is 0 Å². The maximum Gasteiger partial charge on any atom is 0.319 e. The lowest BCUT2D eigenvalue weighted by Crippen LogP contribution is -2.30. The van der Waals surface area contributed by atoms with Gasteiger partial charge in [-0.15, -0.1) is 0 Å². The second-order valence-corrected chi connectivity index (χ2v) is 5.10. The zero-order valence-electron chi connectivity index (χ0n) is 12.2. The highest BCUT2D eigenvalue weighted by Gasteiger charge is 2.19. The first-order chi connectivity index (χ1) is 10.6. The van der Waals surface area contributed by atoms with Crippen LogP contribution < -0.4 is 10.6 Å². The van der Waals surface area contributed by atoms with Gasteiger partial charge in [0.1, 0.15) is 0 Å². The van der Waals surface area contributed by atoms with Crippen LogP contribution in [0.3, 0.4) is 0 Å². The Morgan fingerprint density at radius 1 is 1.09 bits per heavy atom. The molecule has 0 unspecified atom stereocenters. The summed E-state index contributed by atoms with van der Waals surface area (Å²) in [6, 6.07) is 6.18. The van der Waals surface area contributed by atoms with Crippen molar-refractivity contribution >= 4 is 23.6 Å². The molecular formula is C15H19N3O4. The van der Waals surface area contributed by atoms with Crippen LogP contribution in [0.15, 0.2) is 24.3 Å². The summed E-state index contributed by atoms with van der Waals surface area (Å²) in [5.41, 5.74) is 1.14. The lowest BCUT2D eigenvalue weighted by Gasteiger charge is -2.15. The van der Waals surface area contributed by atoms with Gasteiger partial charge >= 0.3 is 12.0 Å². The van der Waals surface area contributed by atoms with Crippen molar-refractivity contribution in [1.29, 1.82) is 0 Å². The second-order valence-electron chi connectivity index (χ2n) is 5.10. The number of aliphatic carboxylic acids is 1. The Kier molecular flexibility index (Phi) is 5.35. The minimum Gasteiger partial charge on any atom is -0.481 e. The fourth-order valence-corrected chi connectivity index (χ4v) is 2.26.